The average Bonchev–Trinajstić information content (AvgIpc) is 3.33. The lowest BCUT2D eigenvalue weighted by Gasteiger charge is -2.07. The second-order valence-electron chi connectivity index (χ2n) is 6.46. The minimum atomic E-state index is 0.495. The molecule has 0 aliphatic heterocycles. The van der Waals surface area contributed by atoms with E-state index in [1.54, 1.807) is 4.52 Å². The van der Waals surface area contributed by atoms with Crippen LogP contribution in [0.3, 0.4) is 0 Å². The molecule has 130 valence electrons. The lowest BCUT2D eigenvalue weighted by molar-refractivity contribution is 0.111. The minimum absolute atomic E-state index is 0.495. The van der Waals surface area contributed by atoms with Crippen LogP contribution in [0.15, 0.2) is 18.2 Å². The summed E-state index contributed by atoms with van der Waals surface area (Å²) in [6.45, 7) is 3.79. The quantitative estimate of drug-likeness (QED) is 0.522. The lowest BCUT2D eigenvalue weighted by atomic mass is 10.3. The number of fused-ring (bicyclic) bond motifs is 2. The Morgan fingerprint density at radius 2 is 2.04 bits per heavy atom. The van der Waals surface area contributed by atoms with Gasteiger partial charge in [0.25, 0.3) is 0 Å². The summed E-state index contributed by atoms with van der Waals surface area (Å²) in [7, 11) is 0. The maximum atomic E-state index is 11.4. The van der Waals surface area contributed by atoms with Crippen LogP contribution in [0.5, 0.6) is 0 Å². The first kappa shape index (κ1) is 15.4. The molecule has 4 aromatic rings. The number of pyridine rings is 1. The maximum absolute atomic E-state index is 11.4. The van der Waals surface area contributed by atoms with Gasteiger partial charge in [0, 0.05) is 11.4 Å². The number of hydrogen-bond donors (Lipinski definition) is 0. The van der Waals surface area contributed by atoms with Crippen LogP contribution in [-0.2, 0) is 12.8 Å². The number of imidazole rings is 2. The topological polar surface area (TPSA) is 78.0 Å². The van der Waals surface area contributed by atoms with Crippen LogP contribution in [0, 0.1) is 13.8 Å². The number of nitrogens with zero attached hydrogens (tertiary/aromatic N) is 6. The Bertz CT molecular complexity index is 1170. The van der Waals surface area contributed by atoms with Crippen molar-refractivity contribution in [3.8, 4) is 16.6 Å². The number of rotatable bonds is 3. The van der Waals surface area contributed by atoms with E-state index >= 15 is 0 Å². The Labute approximate surface area is 153 Å². The van der Waals surface area contributed by atoms with Gasteiger partial charge in [0.1, 0.15) is 11.4 Å². The first-order valence-electron chi connectivity index (χ1n) is 8.52. The van der Waals surface area contributed by atoms with Crippen molar-refractivity contribution in [3.63, 3.8) is 0 Å². The van der Waals surface area contributed by atoms with Gasteiger partial charge in [-0.3, -0.25) is 9.36 Å². The standard InChI is InChI=1S/C18H16N6OS/c1-10-5-3-7-13(19-10)16-21-12-6-4-8-14(12)23(16)18-22-24-15(9-25)11(2)20-17(24)26-18/h3,5,7,9H,4,6,8H2,1-2H3. The van der Waals surface area contributed by atoms with E-state index in [9.17, 15) is 4.79 Å². The first-order valence-corrected chi connectivity index (χ1v) is 9.33. The first-order chi connectivity index (χ1) is 12.7. The molecule has 0 fully saturated rings. The fourth-order valence-corrected chi connectivity index (χ4v) is 4.49. The molecule has 0 unspecified atom stereocenters. The van der Waals surface area contributed by atoms with E-state index in [4.69, 9.17) is 4.98 Å². The summed E-state index contributed by atoms with van der Waals surface area (Å²) < 4.78 is 3.71. The number of aldehydes is 1. The number of aromatic nitrogens is 6. The van der Waals surface area contributed by atoms with E-state index in [1.165, 1.54) is 17.0 Å². The summed E-state index contributed by atoms with van der Waals surface area (Å²) in [5, 5.41) is 5.44. The molecule has 0 saturated carbocycles. The molecule has 0 N–H and O–H groups in total. The van der Waals surface area contributed by atoms with Crippen molar-refractivity contribution in [2.24, 2.45) is 0 Å². The number of hydrogen-bond acceptors (Lipinski definition) is 6. The normalized spacial score (nSPS) is 13.5. The highest BCUT2D eigenvalue weighted by molar-refractivity contribution is 7.19. The van der Waals surface area contributed by atoms with Gasteiger partial charge in [0.05, 0.1) is 11.4 Å². The van der Waals surface area contributed by atoms with Gasteiger partial charge in [-0.2, -0.15) is 4.52 Å². The third kappa shape index (κ3) is 2.15. The van der Waals surface area contributed by atoms with Crippen molar-refractivity contribution < 1.29 is 4.79 Å². The summed E-state index contributed by atoms with van der Waals surface area (Å²) >= 11 is 1.46. The molecule has 0 aromatic carbocycles. The van der Waals surface area contributed by atoms with Crippen molar-refractivity contribution in [1.82, 2.24) is 29.1 Å². The molecule has 26 heavy (non-hydrogen) atoms. The molecule has 0 atom stereocenters. The fourth-order valence-electron chi connectivity index (χ4n) is 3.50. The van der Waals surface area contributed by atoms with Gasteiger partial charge in [-0.15, -0.1) is 5.10 Å². The van der Waals surface area contributed by atoms with Gasteiger partial charge in [-0.05, 0) is 45.2 Å². The van der Waals surface area contributed by atoms with E-state index in [0.29, 0.717) is 16.3 Å². The van der Waals surface area contributed by atoms with Crippen molar-refractivity contribution in [1.29, 1.82) is 0 Å². The molecule has 0 amide bonds. The van der Waals surface area contributed by atoms with Crippen LogP contribution in [0.25, 0.3) is 21.6 Å². The summed E-state index contributed by atoms with van der Waals surface area (Å²) in [5.41, 5.74) is 5.27. The van der Waals surface area contributed by atoms with Gasteiger partial charge in [0.2, 0.25) is 10.1 Å². The number of carbonyl (C=O) groups is 1. The Morgan fingerprint density at radius 1 is 1.15 bits per heavy atom. The largest absolute Gasteiger partial charge is 0.296 e. The van der Waals surface area contributed by atoms with E-state index in [0.717, 1.165) is 53.6 Å². The maximum Gasteiger partial charge on any atom is 0.218 e. The zero-order valence-electron chi connectivity index (χ0n) is 14.4. The molecule has 7 nitrogen and oxygen atoms in total. The Morgan fingerprint density at radius 3 is 2.85 bits per heavy atom. The molecule has 0 radical (unpaired) electrons. The minimum Gasteiger partial charge on any atom is -0.296 e. The molecular weight excluding hydrogens is 348 g/mol. The number of aryl methyl sites for hydroxylation is 3. The second kappa shape index (κ2) is 5.57. The SMILES string of the molecule is Cc1cccc(-c2nc3c(n2-c2nn4c(C=O)c(C)nc4s2)CCC3)n1. The molecule has 5 rings (SSSR count). The van der Waals surface area contributed by atoms with Crippen molar-refractivity contribution in [3.05, 3.63) is 46.7 Å². The Kier molecular flexibility index (Phi) is 3.30. The highest BCUT2D eigenvalue weighted by atomic mass is 32.1. The van der Waals surface area contributed by atoms with Gasteiger partial charge in [-0.25, -0.2) is 15.0 Å². The molecular formula is C18H16N6OS. The van der Waals surface area contributed by atoms with Crippen molar-refractivity contribution in [2.75, 3.05) is 0 Å². The van der Waals surface area contributed by atoms with Gasteiger partial charge in [-0.1, -0.05) is 17.4 Å². The third-order valence-corrected chi connectivity index (χ3v) is 5.61. The van der Waals surface area contributed by atoms with Crippen molar-refractivity contribution >= 4 is 22.6 Å². The third-order valence-electron chi connectivity index (χ3n) is 4.71. The highest BCUT2D eigenvalue weighted by Gasteiger charge is 2.26. The highest BCUT2D eigenvalue weighted by Crippen LogP contribution is 2.33. The van der Waals surface area contributed by atoms with Gasteiger partial charge >= 0.3 is 0 Å². The van der Waals surface area contributed by atoms with Gasteiger partial charge in [0.15, 0.2) is 12.1 Å². The van der Waals surface area contributed by atoms with E-state index in [1.807, 2.05) is 32.0 Å². The van der Waals surface area contributed by atoms with Gasteiger partial charge < -0.3 is 0 Å². The molecule has 0 bridgehead atoms. The molecule has 4 aromatic heterocycles. The van der Waals surface area contributed by atoms with E-state index in [2.05, 4.69) is 19.6 Å². The molecule has 1 aliphatic rings. The molecule has 0 spiro atoms. The number of carbonyl (C=O) groups excluding carboxylic acids is 1. The zero-order valence-corrected chi connectivity index (χ0v) is 15.2. The Balaban J connectivity index is 1.76. The van der Waals surface area contributed by atoms with E-state index in [-0.39, 0.29) is 0 Å². The molecule has 1 aliphatic carbocycles. The van der Waals surface area contributed by atoms with Crippen molar-refractivity contribution in [2.45, 2.75) is 33.1 Å². The molecule has 4 heterocycles. The fraction of sp³-hybridized carbons (Fsp3) is 0.278. The summed E-state index contributed by atoms with van der Waals surface area (Å²) in [6.07, 6.45) is 3.85. The summed E-state index contributed by atoms with van der Waals surface area (Å²) in [4.78, 5) is 26.1. The Hall–Kier alpha value is -2.87. The van der Waals surface area contributed by atoms with Crippen LogP contribution in [-0.4, -0.2) is 35.4 Å². The summed E-state index contributed by atoms with van der Waals surface area (Å²) in [5.74, 6) is 0.805. The predicted molar refractivity (Wildman–Crippen MR) is 98.1 cm³/mol. The van der Waals surface area contributed by atoms with Crippen LogP contribution in [0.2, 0.25) is 0 Å². The van der Waals surface area contributed by atoms with Crippen LogP contribution < -0.4 is 0 Å². The lowest BCUT2D eigenvalue weighted by Crippen LogP contribution is -2.04. The molecule has 8 heteroatoms. The predicted octanol–water partition coefficient (Wildman–Crippen LogP) is 2.96. The van der Waals surface area contributed by atoms with Crippen LogP contribution in [0.1, 0.15) is 39.7 Å². The van der Waals surface area contributed by atoms with Crippen LogP contribution in [0.4, 0.5) is 0 Å². The monoisotopic (exact) mass is 364 g/mol. The zero-order chi connectivity index (χ0) is 17.8. The second-order valence-corrected chi connectivity index (χ2v) is 7.40. The molecule has 0 saturated heterocycles. The average molecular weight is 364 g/mol. The smallest absolute Gasteiger partial charge is 0.218 e. The van der Waals surface area contributed by atoms with E-state index < -0.39 is 0 Å². The summed E-state index contributed by atoms with van der Waals surface area (Å²) in [6, 6.07) is 5.94. The van der Waals surface area contributed by atoms with Crippen LogP contribution >= 0.6 is 11.3 Å².